The van der Waals surface area contributed by atoms with E-state index in [2.05, 4.69) is 52.0 Å². The third kappa shape index (κ3) is 3.86. The molecule has 0 aromatic heterocycles. The number of hydrogen-bond donors (Lipinski definition) is 0. The molecule has 1 fully saturated rings. The first-order valence-corrected chi connectivity index (χ1v) is 12.2. The number of ether oxygens (including phenoxy) is 2. The number of carbonyl (C=O) groups excluding carboxylic acids is 2. The highest BCUT2D eigenvalue weighted by Crippen LogP contribution is 2.61. The highest BCUT2D eigenvalue weighted by molar-refractivity contribution is 6.03. The quantitative estimate of drug-likeness (QED) is 0.475. The van der Waals surface area contributed by atoms with Gasteiger partial charge in [-0.3, -0.25) is 0 Å². The van der Waals surface area contributed by atoms with Gasteiger partial charge in [-0.1, -0.05) is 63.1 Å². The molecule has 4 aliphatic rings. The van der Waals surface area contributed by atoms with Crippen molar-refractivity contribution in [2.75, 3.05) is 0 Å². The second-order valence-electron chi connectivity index (χ2n) is 11.6. The van der Waals surface area contributed by atoms with Crippen LogP contribution in [-0.4, -0.2) is 23.1 Å². The number of rotatable bonds is 4. The van der Waals surface area contributed by atoms with Gasteiger partial charge in [0.2, 0.25) is 0 Å². The molecule has 178 valence electrons. The second-order valence-corrected chi connectivity index (χ2v) is 11.6. The minimum absolute atomic E-state index is 0.00873. The van der Waals surface area contributed by atoms with Gasteiger partial charge in [-0.25, -0.2) is 9.59 Å². The van der Waals surface area contributed by atoms with Crippen LogP contribution >= 0.6 is 0 Å². The number of esters is 2. The second kappa shape index (κ2) is 7.85. The first-order valence-electron chi connectivity index (χ1n) is 12.2. The zero-order valence-corrected chi connectivity index (χ0v) is 21.3. The largest absolute Gasteiger partial charge is 0.451 e. The van der Waals surface area contributed by atoms with Crippen molar-refractivity contribution in [2.45, 2.75) is 79.4 Å². The average molecular weight is 451 g/mol. The van der Waals surface area contributed by atoms with E-state index in [0.717, 1.165) is 24.0 Å². The summed E-state index contributed by atoms with van der Waals surface area (Å²) in [5, 5.41) is 0. The summed E-state index contributed by atoms with van der Waals surface area (Å²) in [5.41, 5.74) is 1.58. The zero-order valence-electron chi connectivity index (χ0n) is 21.3. The highest BCUT2D eigenvalue weighted by atomic mass is 16.6. The summed E-state index contributed by atoms with van der Waals surface area (Å²) in [4.78, 5) is 27.4. The van der Waals surface area contributed by atoms with E-state index >= 15 is 0 Å². The molecule has 0 aliphatic heterocycles. The summed E-state index contributed by atoms with van der Waals surface area (Å²) in [5.74, 6) is -0.623. The van der Waals surface area contributed by atoms with Crippen LogP contribution < -0.4 is 0 Å². The SMILES string of the molecule is CC1=CC(C)(OC(=O)C2=C(C(=O)OC3(C)C=C(C)C=CC3C)C3CCC2C3(C)C)C(C)C=C1. The molecule has 0 spiro atoms. The Bertz CT molecular complexity index is 956. The fraction of sp³-hybridized carbons (Fsp3) is 0.586. The van der Waals surface area contributed by atoms with Gasteiger partial charge in [0, 0.05) is 11.8 Å². The van der Waals surface area contributed by atoms with Gasteiger partial charge in [0.25, 0.3) is 0 Å². The van der Waals surface area contributed by atoms with Gasteiger partial charge in [-0.05, 0) is 69.9 Å². The van der Waals surface area contributed by atoms with Crippen molar-refractivity contribution in [1.29, 1.82) is 0 Å². The van der Waals surface area contributed by atoms with Gasteiger partial charge in [0.05, 0.1) is 11.1 Å². The third-order valence-corrected chi connectivity index (χ3v) is 8.72. The molecular formula is C29H38O4. The molecule has 6 unspecified atom stereocenters. The van der Waals surface area contributed by atoms with E-state index in [0.29, 0.717) is 11.1 Å². The van der Waals surface area contributed by atoms with Crippen LogP contribution in [0.15, 0.2) is 58.7 Å². The fourth-order valence-electron chi connectivity index (χ4n) is 6.22. The molecule has 0 aromatic carbocycles. The molecule has 33 heavy (non-hydrogen) atoms. The van der Waals surface area contributed by atoms with Crippen molar-refractivity contribution in [3.8, 4) is 0 Å². The lowest BCUT2D eigenvalue weighted by Crippen LogP contribution is -2.40. The van der Waals surface area contributed by atoms with Gasteiger partial charge >= 0.3 is 11.9 Å². The zero-order chi connectivity index (χ0) is 24.3. The fourth-order valence-corrected chi connectivity index (χ4v) is 6.22. The molecule has 4 aliphatic carbocycles. The first-order chi connectivity index (χ1) is 15.3. The maximum absolute atomic E-state index is 13.7. The van der Waals surface area contributed by atoms with E-state index in [1.165, 1.54) is 0 Å². The molecule has 2 bridgehead atoms. The first kappa shape index (κ1) is 23.8. The summed E-state index contributed by atoms with van der Waals surface area (Å²) < 4.78 is 12.3. The smallest absolute Gasteiger partial charge is 0.335 e. The lowest BCUT2D eigenvalue weighted by atomic mass is 9.78. The monoisotopic (exact) mass is 450 g/mol. The van der Waals surface area contributed by atoms with E-state index in [9.17, 15) is 9.59 Å². The van der Waals surface area contributed by atoms with Crippen LogP contribution in [0, 0.1) is 29.1 Å². The van der Waals surface area contributed by atoms with Crippen LogP contribution in [0.1, 0.15) is 68.2 Å². The molecule has 0 N–H and O–H groups in total. The molecular weight excluding hydrogens is 412 g/mol. The molecule has 4 rings (SSSR count). The molecule has 0 radical (unpaired) electrons. The van der Waals surface area contributed by atoms with E-state index in [1.807, 2.05) is 39.8 Å². The van der Waals surface area contributed by atoms with Crippen molar-refractivity contribution in [3.63, 3.8) is 0 Å². The Morgan fingerprint density at radius 1 is 0.758 bits per heavy atom. The topological polar surface area (TPSA) is 52.6 Å². The molecule has 0 heterocycles. The van der Waals surface area contributed by atoms with E-state index < -0.39 is 11.2 Å². The number of carbonyl (C=O) groups is 2. The van der Waals surface area contributed by atoms with Crippen molar-refractivity contribution < 1.29 is 19.1 Å². The van der Waals surface area contributed by atoms with Crippen LogP contribution in [-0.2, 0) is 19.1 Å². The number of hydrogen-bond acceptors (Lipinski definition) is 4. The molecule has 1 saturated carbocycles. The summed E-state index contributed by atoms with van der Waals surface area (Å²) >= 11 is 0. The third-order valence-electron chi connectivity index (χ3n) is 8.72. The van der Waals surface area contributed by atoms with Gasteiger partial charge in [-0.15, -0.1) is 0 Å². The van der Waals surface area contributed by atoms with Crippen molar-refractivity contribution in [1.82, 2.24) is 0 Å². The summed E-state index contributed by atoms with van der Waals surface area (Å²) in [6.45, 7) is 16.3. The molecule has 4 nitrogen and oxygen atoms in total. The van der Waals surface area contributed by atoms with Crippen LogP contribution in [0.4, 0.5) is 0 Å². The Kier molecular flexibility index (Phi) is 5.66. The van der Waals surface area contributed by atoms with Crippen molar-refractivity contribution >= 4 is 11.9 Å². The van der Waals surface area contributed by atoms with Gasteiger partial charge < -0.3 is 9.47 Å². The number of fused-ring (bicyclic) bond motifs is 2. The van der Waals surface area contributed by atoms with Gasteiger partial charge in [0.15, 0.2) is 0 Å². The standard InChI is InChI=1S/C29H38O4/c1-17-9-11-19(3)28(7,15-17)32-25(30)23-21-13-14-22(27(21,5)6)24(23)26(31)33-29(8)16-18(2)10-12-20(29)4/h9-12,15-16,19-22H,13-14H2,1-8H3. The Morgan fingerprint density at radius 3 is 1.48 bits per heavy atom. The Hall–Kier alpha value is -2.36. The Balaban J connectivity index is 1.69. The molecule has 0 aromatic rings. The summed E-state index contributed by atoms with van der Waals surface area (Å²) in [6, 6.07) is 0. The lowest BCUT2D eigenvalue weighted by molar-refractivity contribution is -0.155. The van der Waals surface area contributed by atoms with Gasteiger partial charge in [0.1, 0.15) is 11.2 Å². The van der Waals surface area contributed by atoms with Crippen LogP contribution in [0.3, 0.4) is 0 Å². The Morgan fingerprint density at radius 2 is 1.12 bits per heavy atom. The lowest BCUT2D eigenvalue weighted by Gasteiger charge is -2.36. The van der Waals surface area contributed by atoms with E-state index in [1.54, 1.807) is 0 Å². The van der Waals surface area contributed by atoms with E-state index in [-0.39, 0.29) is 41.0 Å². The predicted molar refractivity (Wildman–Crippen MR) is 130 cm³/mol. The Labute approximate surface area is 198 Å². The normalized spacial score (nSPS) is 38.8. The minimum atomic E-state index is -0.738. The summed E-state index contributed by atoms with van der Waals surface area (Å²) in [7, 11) is 0. The molecule has 0 saturated heterocycles. The predicted octanol–water partition coefficient (Wildman–Crippen LogP) is 6.26. The summed E-state index contributed by atoms with van der Waals surface area (Å²) in [6.07, 6.45) is 14.1. The molecule has 4 heteroatoms. The maximum Gasteiger partial charge on any atom is 0.335 e. The highest BCUT2D eigenvalue weighted by Gasteiger charge is 2.58. The van der Waals surface area contributed by atoms with E-state index in [4.69, 9.17) is 9.47 Å². The number of allylic oxidation sites excluding steroid dienone is 4. The van der Waals surface area contributed by atoms with Crippen molar-refractivity contribution in [3.05, 3.63) is 58.7 Å². The van der Waals surface area contributed by atoms with Crippen LogP contribution in [0.5, 0.6) is 0 Å². The van der Waals surface area contributed by atoms with Gasteiger partial charge in [-0.2, -0.15) is 0 Å². The van der Waals surface area contributed by atoms with Crippen molar-refractivity contribution in [2.24, 2.45) is 29.1 Å². The molecule has 0 amide bonds. The van der Waals surface area contributed by atoms with Crippen LogP contribution in [0.2, 0.25) is 0 Å². The minimum Gasteiger partial charge on any atom is -0.451 e. The maximum atomic E-state index is 13.7. The average Bonchev–Trinajstić information content (AvgIpc) is 3.13. The van der Waals surface area contributed by atoms with Crippen LogP contribution in [0.25, 0.3) is 0 Å². The molecule has 6 atom stereocenters.